The third-order valence-electron chi connectivity index (χ3n) is 8.72. The quantitative estimate of drug-likeness (QED) is 0.136. The van der Waals surface area contributed by atoms with Crippen molar-refractivity contribution in [2.75, 3.05) is 7.11 Å². The van der Waals surface area contributed by atoms with Crippen LogP contribution in [0.3, 0.4) is 0 Å². The molecule has 0 aliphatic carbocycles. The maximum atomic E-state index is 14.8. The van der Waals surface area contributed by atoms with E-state index in [1.807, 2.05) is 117 Å². The molecule has 48 heavy (non-hydrogen) atoms. The highest BCUT2D eigenvalue weighted by Crippen LogP contribution is 2.43. The van der Waals surface area contributed by atoms with Gasteiger partial charge in [0.2, 0.25) is 0 Å². The molecule has 0 saturated carbocycles. The number of hydrogen-bond donors (Lipinski definition) is 1. The van der Waals surface area contributed by atoms with Crippen LogP contribution in [0.25, 0.3) is 10.9 Å². The molecule has 5 aromatic carbocycles. The normalized spacial score (nSPS) is 11.7. The molecule has 6 aromatic rings. The fraction of sp³-hybridized carbons (Fsp3) is 0.195. The Morgan fingerprint density at radius 2 is 1.25 bits per heavy atom. The molecule has 1 aromatic heterocycles. The molecule has 7 nitrogen and oxygen atoms in total. The molecule has 0 bridgehead atoms. The third kappa shape index (κ3) is 5.62. The van der Waals surface area contributed by atoms with E-state index in [9.17, 15) is 9.59 Å². The molecule has 0 fully saturated rings. The third-order valence-corrected chi connectivity index (χ3v) is 8.72. The number of benzene rings is 5. The second-order valence-electron chi connectivity index (χ2n) is 12.7. The zero-order valence-electron chi connectivity index (χ0n) is 28.0. The fourth-order valence-corrected chi connectivity index (χ4v) is 6.51. The smallest absolute Gasteiger partial charge is 0.293 e. The lowest BCUT2D eigenvalue weighted by molar-refractivity contribution is 0.0354. The Balaban J connectivity index is 1.57. The first-order valence-corrected chi connectivity index (χ1v) is 16.2. The van der Waals surface area contributed by atoms with Crippen molar-refractivity contribution < 1.29 is 14.3 Å². The summed E-state index contributed by atoms with van der Waals surface area (Å²) < 4.78 is 7.50. The van der Waals surface area contributed by atoms with Crippen molar-refractivity contribution in [3.05, 3.63) is 167 Å². The predicted octanol–water partition coefficient (Wildman–Crippen LogP) is 8.03. The van der Waals surface area contributed by atoms with Crippen LogP contribution in [0.5, 0.6) is 5.75 Å². The Bertz CT molecular complexity index is 1950. The van der Waals surface area contributed by atoms with Gasteiger partial charge in [-0.1, -0.05) is 122 Å². The van der Waals surface area contributed by atoms with Crippen molar-refractivity contribution in [1.29, 1.82) is 0 Å². The van der Waals surface area contributed by atoms with Crippen molar-refractivity contribution in [2.24, 2.45) is 0 Å². The molecule has 0 spiro atoms. The first kappa shape index (κ1) is 32.3. The monoisotopic (exact) mass is 636 g/mol. The second kappa shape index (κ2) is 13.2. The zero-order valence-corrected chi connectivity index (χ0v) is 28.0. The highest BCUT2D eigenvalue weighted by Gasteiger charge is 2.42. The summed E-state index contributed by atoms with van der Waals surface area (Å²) in [7, 11) is 1.59. The van der Waals surface area contributed by atoms with Gasteiger partial charge < -0.3 is 4.74 Å². The number of nitrogens with zero attached hydrogens (tertiary/aromatic N) is 3. The van der Waals surface area contributed by atoms with E-state index in [0.717, 1.165) is 27.8 Å². The maximum absolute atomic E-state index is 14.8. The van der Waals surface area contributed by atoms with Gasteiger partial charge in [-0.05, 0) is 62.1 Å². The minimum Gasteiger partial charge on any atom is -0.496 e. The molecule has 0 unspecified atom stereocenters. The fourth-order valence-electron chi connectivity index (χ4n) is 6.51. The highest BCUT2D eigenvalue weighted by atomic mass is 16.5. The van der Waals surface area contributed by atoms with Crippen LogP contribution in [0, 0.1) is 0 Å². The highest BCUT2D eigenvalue weighted by molar-refractivity contribution is 6.07. The topological polar surface area (TPSA) is 76.5 Å². The molecule has 2 amide bonds. The molecular formula is C41H40N4O3. The first-order valence-electron chi connectivity index (χ1n) is 16.2. The average Bonchev–Trinajstić information content (AvgIpc) is 3.51. The summed E-state index contributed by atoms with van der Waals surface area (Å²) in [5, 5.41) is 7.29. The Morgan fingerprint density at radius 1 is 0.729 bits per heavy atom. The van der Waals surface area contributed by atoms with E-state index in [1.54, 1.807) is 19.2 Å². The number of carbonyl (C=O) groups excluding carboxylic acids is 2. The molecule has 6 rings (SSSR count). The van der Waals surface area contributed by atoms with Gasteiger partial charge in [0.15, 0.2) is 5.69 Å². The van der Waals surface area contributed by atoms with Crippen LogP contribution in [0.4, 0.5) is 0 Å². The van der Waals surface area contributed by atoms with Crippen molar-refractivity contribution in [2.45, 2.75) is 45.2 Å². The molecule has 0 radical (unpaired) electrons. The van der Waals surface area contributed by atoms with Crippen LogP contribution in [0.2, 0.25) is 0 Å². The Morgan fingerprint density at radius 3 is 1.75 bits per heavy atom. The van der Waals surface area contributed by atoms with E-state index in [2.05, 4.69) is 41.8 Å². The Labute approximate surface area is 281 Å². The van der Waals surface area contributed by atoms with Crippen LogP contribution in [0.15, 0.2) is 133 Å². The summed E-state index contributed by atoms with van der Waals surface area (Å²) in [6.07, 6.45) is 0.589. The van der Waals surface area contributed by atoms with Crippen LogP contribution >= 0.6 is 0 Å². The number of amides is 2. The van der Waals surface area contributed by atoms with E-state index in [1.165, 1.54) is 5.01 Å². The summed E-state index contributed by atoms with van der Waals surface area (Å²) in [6, 6.07) is 43.8. The van der Waals surface area contributed by atoms with Crippen molar-refractivity contribution in [3.8, 4) is 5.75 Å². The number of para-hydroxylation sites is 1. The minimum absolute atomic E-state index is 0.231. The zero-order chi connectivity index (χ0) is 33.9. The van der Waals surface area contributed by atoms with Crippen molar-refractivity contribution in [1.82, 2.24) is 20.2 Å². The Hall–Kier alpha value is -5.69. The number of fused-ring (bicyclic) bond motifs is 1. The minimum atomic E-state index is -0.936. The molecule has 0 atom stereocenters. The van der Waals surface area contributed by atoms with E-state index < -0.39 is 22.9 Å². The number of nitrogens with one attached hydrogen (secondary N) is 1. The number of hydrazine groups is 1. The van der Waals surface area contributed by atoms with Crippen LogP contribution < -0.4 is 10.2 Å². The van der Waals surface area contributed by atoms with Gasteiger partial charge in [-0.3, -0.25) is 15.0 Å². The van der Waals surface area contributed by atoms with Gasteiger partial charge in [0.05, 0.1) is 18.2 Å². The van der Waals surface area contributed by atoms with E-state index >= 15 is 0 Å². The van der Waals surface area contributed by atoms with Gasteiger partial charge in [-0.25, -0.2) is 9.69 Å². The van der Waals surface area contributed by atoms with Crippen molar-refractivity contribution >= 4 is 22.7 Å². The van der Waals surface area contributed by atoms with Gasteiger partial charge in [-0.15, -0.1) is 0 Å². The van der Waals surface area contributed by atoms with Gasteiger partial charge in [0.1, 0.15) is 11.3 Å². The Kier molecular flexibility index (Phi) is 8.87. The summed E-state index contributed by atoms with van der Waals surface area (Å²) in [6.45, 7) is 7.63. The number of carbonyl (C=O) groups is 2. The maximum Gasteiger partial charge on any atom is 0.293 e. The lowest BCUT2D eigenvalue weighted by Gasteiger charge is -2.37. The molecule has 242 valence electrons. The van der Waals surface area contributed by atoms with Gasteiger partial charge in [0, 0.05) is 16.5 Å². The molecule has 1 N–H and O–H groups in total. The van der Waals surface area contributed by atoms with Crippen LogP contribution in [0.1, 0.15) is 70.8 Å². The van der Waals surface area contributed by atoms with Gasteiger partial charge >= 0.3 is 0 Å². The van der Waals surface area contributed by atoms with E-state index in [-0.39, 0.29) is 5.69 Å². The van der Waals surface area contributed by atoms with Crippen LogP contribution in [-0.4, -0.2) is 39.3 Å². The molecule has 0 saturated heterocycles. The predicted molar refractivity (Wildman–Crippen MR) is 190 cm³/mol. The summed E-state index contributed by atoms with van der Waals surface area (Å²) in [4.78, 5) is 28.7. The average molecular weight is 637 g/mol. The van der Waals surface area contributed by atoms with Crippen molar-refractivity contribution in [3.63, 3.8) is 0 Å². The number of rotatable bonds is 8. The number of hydrogen-bond acceptors (Lipinski definition) is 4. The summed E-state index contributed by atoms with van der Waals surface area (Å²) >= 11 is 0. The largest absolute Gasteiger partial charge is 0.496 e. The number of methoxy groups -OCH3 is 1. The molecular weight excluding hydrogens is 596 g/mol. The van der Waals surface area contributed by atoms with E-state index in [4.69, 9.17) is 9.84 Å². The van der Waals surface area contributed by atoms with E-state index in [0.29, 0.717) is 23.1 Å². The van der Waals surface area contributed by atoms with Gasteiger partial charge in [0.25, 0.3) is 11.8 Å². The summed E-state index contributed by atoms with van der Waals surface area (Å²) in [5.41, 5.74) is 6.40. The summed E-state index contributed by atoms with van der Waals surface area (Å²) in [5.74, 6) is -0.192. The number of aromatic nitrogens is 2. The second-order valence-corrected chi connectivity index (χ2v) is 12.7. The lowest BCUT2D eigenvalue weighted by atomic mass is 9.77. The van der Waals surface area contributed by atoms with Gasteiger partial charge in [-0.2, -0.15) is 5.10 Å². The molecule has 0 aliphatic rings. The first-order chi connectivity index (χ1) is 23.2. The van der Waals surface area contributed by atoms with Crippen LogP contribution in [-0.2, 0) is 12.0 Å². The molecule has 1 heterocycles. The SMILES string of the molecule is CCc1c(OC)cccc1C(=O)NN(C(=O)c1nn(C(c2ccccc2)(c2ccccc2)c2ccccc2)c2ccccc12)C(C)(C)C. The molecule has 7 heteroatoms. The molecule has 0 aliphatic heterocycles. The number of ether oxygens (including phenoxy) is 1. The standard InChI is InChI=1S/C41H40N4O3/c1-6-32-33(26-18-28-36(32)48-5)38(46)43-45(40(2,3)4)39(47)37-34-25-16-17-27-35(34)44(42-37)41(29-19-10-7-11-20-29,30-21-12-8-13-22-30)31-23-14-9-15-24-31/h7-28H,6H2,1-5H3,(H,43,46). The lowest BCUT2D eigenvalue weighted by Crippen LogP contribution is -2.56.